The minimum atomic E-state index is 0.828. The van der Waals surface area contributed by atoms with Crippen LogP contribution in [0, 0.1) is 34.6 Å². The van der Waals surface area contributed by atoms with Crippen LogP contribution in [0.4, 0.5) is 0 Å². The van der Waals surface area contributed by atoms with Crippen molar-refractivity contribution in [2.24, 2.45) is 0 Å². The van der Waals surface area contributed by atoms with Gasteiger partial charge in [0.05, 0.1) is 33.6 Å². The molecule has 7 rings (SSSR count). The molecular weight excluding hydrogens is 923 g/mol. The predicted octanol–water partition coefficient (Wildman–Crippen LogP) is 16.9. The van der Waals surface area contributed by atoms with Gasteiger partial charge in [-0.05, 0) is 109 Å². The Hall–Kier alpha value is -5.71. The van der Waals surface area contributed by atoms with Crippen LogP contribution in [0.25, 0.3) is 21.9 Å². The van der Waals surface area contributed by atoms with Gasteiger partial charge in [0.15, 0.2) is 0 Å². The van der Waals surface area contributed by atoms with Gasteiger partial charge in [-0.1, -0.05) is 181 Å². The second kappa shape index (κ2) is 43.5. The molecule has 0 bridgehead atoms. The first-order valence-electron chi connectivity index (χ1n) is 28.8. The van der Waals surface area contributed by atoms with E-state index in [0.717, 1.165) is 138 Å². The van der Waals surface area contributed by atoms with Crippen LogP contribution in [-0.4, -0.2) is 54.8 Å². The van der Waals surface area contributed by atoms with Crippen molar-refractivity contribution < 1.29 is 0 Å². The molecule has 7 aromatic rings. The van der Waals surface area contributed by atoms with Crippen molar-refractivity contribution in [1.29, 1.82) is 0 Å². The lowest BCUT2D eigenvalue weighted by Gasteiger charge is -2.10. The van der Waals surface area contributed by atoms with Crippen LogP contribution in [0.1, 0.15) is 236 Å². The number of hydrogen-bond acceptors (Lipinski definition) is 11. The van der Waals surface area contributed by atoms with Crippen LogP contribution in [0.3, 0.4) is 0 Å². The van der Waals surface area contributed by atoms with Gasteiger partial charge in [-0.25, -0.2) is 54.8 Å². The predicted molar refractivity (Wildman–Crippen MR) is 324 cm³/mol. The normalized spacial score (nSPS) is 9.75. The molecule has 75 heavy (non-hydrogen) atoms. The summed E-state index contributed by atoms with van der Waals surface area (Å²) in [7, 11) is 0. The fourth-order valence-corrected chi connectivity index (χ4v) is 7.25. The second-order valence-corrected chi connectivity index (χ2v) is 17.9. The Labute approximate surface area is 458 Å². The van der Waals surface area contributed by atoms with E-state index in [2.05, 4.69) is 179 Å². The summed E-state index contributed by atoms with van der Waals surface area (Å²) in [5.74, 6) is 5.37. The molecule has 11 nitrogen and oxygen atoms in total. The monoisotopic (exact) mass is 1030 g/mol. The highest BCUT2D eigenvalue weighted by molar-refractivity contribution is 5.80. The maximum atomic E-state index is 4.53. The molecule has 416 valence electrons. The third kappa shape index (κ3) is 27.6. The summed E-state index contributed by atoms with van der Waals surface area (Å²) >= 11 is 0. The summed E-state index contributed by atoms with van der Waals surface area (Å²) in [6.45, 7) is 48.1. The quantitative estimate of drug-likeness (QED) is 0.129. The van der Waals surface area contributed by atoms with Crippen molar-refractivity contribution in [3.05, 3.63) is 134 Å². The molecule has 0 N–H and O–H groups in total. The largest absolute Gasteiger partial charge is 0.250 e. The maximum absolute atomic E-state index is 4.53. The van der Waals surface area contributed by atoms with Crippen LogP contribution in [0.15, 0.2) is 48.5 Å². The molecule has 0 amide bonds. The molecule has 5 aromatic heterocycles. The third-order valence-corrected chi connectivity index (χ3v) is 10.4. The van der Waals surface area contributed by atoms with E-state index >= 15 is 0 Å². The zero-order valence-corrected chi connectivity index (χ0v) is 51.9. The van der Waals surface area contributed by atoms with Gasteiger partial charge in [0, 0.05) is 47.4 Å². The fraction of sp³-hybridized carbons (Fsp3) is 0.578. The molecule has 0 fully saturated rings. The Bertz CT molecular complexity index is 2510. The molecule has 0 saturated heterocycles. The molecule has 0 radical (unpaired) electrons. The molecular formula is C64H105N11. The Morgan fingerprint density at radius 1 is 0.253 bits per heavy atom. The highest BCUT2D eigenvalue weighted by Gasteiger charge is 2.09. The Morgan fingerprint density at radius 2 is 0.600 bits per heavy atom. The number of fused-ring (bicyclic) bond motifs is 2. The number of aryl methyl sites for hydroxylation is 13. The molecule has 0 aliphatic carbocycles. The molecule has 2 aromatic carbocycles. The van der Waals surface area contributed by atoms with Crippen LogP contribution in [0.2, 0.25) is 0 Å². The van der Waals surface area contributed by atoms with Gasteiger partial charge < -0.3 is 0 Å². The highest BCUT2D eigenvalue weighted by Crippen LogP contribution is 2.17. The van der Waals surface area contributed by atoms with E-state index in [1.165, 1.54) is 59.3 Å². The Kier molecular flexibility index (Phi) is 41.4. The molecule has 0 aliphatic rings. The van der Waals surface area contributed by atoms with Crippen LogP contribution < -0.4 is 0 Å². The molecule has 0 aliphatic heterocycles. The van der Waals surface area contributed by atoms with Crippen molar-refractivity contribution in [2.45, 2.75) is 249 Å². The van der Waals surface area contributed by atoms with Gasteiger partial charge in [0.1, 0.15) is 34.9 Å². The van der Waals surface area contributed by atoms with Crippen molar-refractivity contribution in [2.75, 3.05) is 0 Å². The average Bonchev–Trinajstić information content (AvgIpc) is 3.41. The van der Waals surface area contributed by atoms with Crippen molar-refractivity contribution in [1.82, 2.24) is 54.8 Å². The number of para-hydroxylation sites is 3. The molecule has 0 saturated carbocycles. The zero-order valence-electron chi connectivity index (χ0n) is 51.9. The third-order valence-electron chi connectivity index (χ3n) is 10.4. The lowest BCUT2D eigenvalue weighted by molar-refractivity contribution is 0.798. The summed E-state index contributed by atoms with van der Waals surface area (Å²) in [5.41, 5.74) is 13.8. The number of rotatable bonds is 10. The second-order valence-electron chi connectivity index (χ2n) is 17.9. The van der Waals surface area contributed by atoms with Crippen LogP contribution >= 0.6 is 0 Å². The van der Waals surface area contributed by atoms with Gasteiger partial charge in [-0.3, -0.25) is 0 Å². The minimum Gasteiger partial charge on any atom is -0.250 e. The minimum absolute atomic E-state index is 0.828. The van der Waals surface area contributed by atoms with Crippen LogP contribution in [-0.2, 0) is 64.2 Å². The van der Waals surface area contributed by atoms with E-state index < -0.39 is 0 Å². The smallest absolute Gasteiger partial charge is 0.132 e. The lowest BCUT2D eigenvalue weighted by Crippen LogP contribution is -2.06. The Morgan fingerprint density at radius 3 is 1.01 bits per heavy atom. The van der Waals surface area contributed by atoms with Gasteiger partial charge in [-0.2, -0.15) is 0 Å². The summed E-state index contributed by atoms with van der Waals surface area (Å²) in [4.78, 5) is 48.3. The Balaban J connectivity index is 0. The van der Waals surface area contributed by atoms with Gasteiger partial charge in [0.2, 0.25) is 0 Å². The van der Waals surface area contributed by atoms with E-state index in [4.69, 9.17) is 0 Å². The van der Waals surface area contributed by atoms with Crippen molar-refractivity contribution in [3.63, 3.8) is 0 Å². The maximum Gasteiger partial charge on any atom is 0.132 e. The molecule has 11 heteroatoms. The van der Waals surface area contributed by atoms with Crippen molar-refractivity contribution in [3.8, 4) is 0 Å². The molecule has 0 spiro atoms. The SMILES string of the molecule is CCC.CCC.CCC.CCC.CCc1nc(C)c(CC)c(CC)n1.CCc1nc(C)nc(CC)c1CC.CCc1nc(C)nc(CC)n1.CCc1nc(C)nc2ccccc12.CCc1nc2ccccc2nc1C. The average molecular weight is 1030 g/mol. The number of hydrogen-bond donors (Lipinski definition) is 0. The zero-order chi connectivity index (χ0) is 57.3. The lowest BCUT2D eigenvalue weighted by atomic mass is 10.1. The van der Waals surface area contributed by atoms with Crippen molar-refractivity contribution >= 4 is 21.9 Å². The van der Waals surface area contributed by atoms with E-state index in [9.17, 15) is 0 Å². The first-order chi connectivity index (χ1) is 36.0. The van der Waals surface area contributed by atoms with E-state index in [-0.39, 0.29) is 0 Å². The standard InChI is InChI=1S/2C11H12N2.2C11H18N2.C8H13N3.4C3H8/c1-3-10-9-6-4-5-7-11(9)13-8(2)12-10;1-3-9-8(2)12-10-6-4-5-7-11(10)13-9;1-5-9-10(6-2)12-8(4)13-11(9)7-3;1-5-9-8(4)12-11(7-3)13-10(9)6-2;1-4-7-9-6(3)10-8(5-2)11-7;4*1-3-2/h2*4-7H,3H2,1-2H3;2*5-7H2,1-4H3;4-5H2,1-3H3;4*3H2,1-2H3. The molecule has 0 atom stereocenters. The number of nitrogens with zero attached hydrogens (tertiary/aromatic N) is 11. The van der Waals surface area contributed by atoms with Gasteiger partial charge in [0.25, 0.3) is 0 Å². The summed E-state index contributed by atoms with van der Waals surface area (Å²) in [6.07, 6.45) is 14.7. The summed E-state index contributed by atoms with van der Waals surface area (Å²) < 4.78 is 0. The first-order valence-corrected chi connectivity index (χ1v) is 28.8. The summed E-state index contributed by atoms with van der Waals surface area (Å²) in [6, 6.07) is 16.1. The molecule has 0 unspecified atom stereocenters. The van der Waals surface area contributed by atoms with Gasteiger partial charge >= 0.3 is 0 Å². The van der Waals surface area contributed by atoms with Crippen LogP contribution in [0.5, 0.6) is 0 Å². The van der Waals surface area contributed by atoms with E-state index in [1.54, 1.807) is 0 Å². The fourth-order valence-electron chi connectivity index (χ4n) is 7.25. The van der Waals surface area contributed by atoms with Gasteiger partial charge in [-0.15, -0.1) is 0 Å². The number of aromatic nitrogens is 11. The first kappa shape index (κ1) is 71.4. The van der Waals surface area contributed by atoms with E-state index in [1.807, 2.05) is 84.0 Å². The summed E-state index contributed by atoms with van der Waals surface area (Å²) in [5, 5.41) is 1.18. The highest BCUT2D eigenvalue weighted by atomic mass is 15.0. The molecule has 5 heterocycles. The number of benzene rings is 2. The topological polar surface area (TPSA) is 142 Å². The van der Waals surface area contributed by atoms with E-state index in [0.29, 0.717) is 0 Å².